The normalized spacial score (nSPS) is 11.2. The summed E-state index contributed by atoms with van der Waals surface area (Å²) in [6.07, 6.45) is -0.541. The molecule has 0 fully saturated rings. The molecule has 0 saturated heterocycles. The van der Waals surface area contributed by atoms with Crippen LogP contribution in [0.25, 0.3) is 22.4 Å². The van der Waals surface area contributed by atoms with Crippen molar-refractivity contribution >= 4 is 34.9 Å². The molecule has 7 nitrogen and oxygen atoms in total. The highest BCUT2D eigenvalue weighted by Gasteiger charge is 2.33. The highest BCUT2D eigenvalue weighted by Crippen LogP contribution is 2.31. The van der Waals surface area contributed by atoms with Crippen LogP contribution in [0.3, 0.4) is 0 Å². The number of nitrogens with zero attached hydrogens (tertiary/aromatic N) is 3. The highest BCUT2D eigenvalue weighted by molar-refractivity contribution is 6.29. The largest absolute Gasteiger partial charge is 0.433 e. The molecule has 1 aromatic carbocycles. The van der Waals surface area contributed by atoms with Gasteiger partial charge in [0.1, 0.15) is 17.4 Å². The predicted molar refractivity (Wildman–Crippen MR) is 134 cm³/mol. The van der Waals surface area contributed by atoms with Gasteiger partial charge in [0.25, 0.3) is 5.91 Å². The molecule has 2 N–H and O–H groups in total. The van der Waals surface area contributed by atoms with E-state index in [1.165, 1.54) is 12.3 Å². The number of aryl methyl sites for hydroxylation is 1. The van der Waals surface area contributed by atoms with Crippen LogP contribution in [0.1, 0.15) is 21.6 Å². The Morgan fingerprint density at radius 1 is 0.865 bits per heavy atom. The summed E-state index contributed by atoms with van der Waals surface area (Å²) in [6.45, 7) is 1.89. The Hall–Kier alpha value is -4.31. The van der Waals surface area contributed by atoms with Gasteiger partial charge in [0.15, 0.2) is 0 Å². The second-order valence-corrected chi connectivity index (χ2v) is 8.22. The molecule has 0 saturated carbocycles. The van der Waals surface area contributed by atoms with Crippen molar-refractivity contribution in [1.29, 1.82) is 0 Å². The fraction of sp³-hybridized carbons (Fsp3) is 0.115. The molecular weight excluding hydrogens is 507 g/mol. The van der Waals surface area contributed by atoms with Crippen molar-refractivity contribution in [2.45, 2.75) is 13.1 Å². The van der Waals surface area contributed by atoms with Gasteiger partial charge in [-0.15, -0.1) is 11.6 Å². The van der Waals surface area contributed by atoms with Gasteiger partial charge >= 0.3 is 6.18 Å². The molecule has 3 heterocycles. The third-order valence-electron chi connectivity index (χ3n) is 5.32. The van der Waals surface area contributed by atoms with Gasteiger partial charge in [0, 0.05) is 35.4 Å². The molecule has 0 atom stereocenters. The first-order valence-corrected chi connectivity index (χ1v) is 11.4. The van der Waals surface area contributed by atoms with Crippen molar-refractivity contribution in [3.05, 3.63) is 90.0 Å². The summed E-state index contributed by atoms with van der Waals surface area (Å²) in [6, 6.07) is 14.2. The Kier molecular flexibility index (Phi) is 7.49. The van der Waals surface area contributed by atoms with Crippen LogP contribution in [0.5, 0.6) is 0 Å². The van der Waals surface area contributed by atoms with Crippen LogP contribution < -0.4 is 10.6 Å². The number of carbonyl (C=O) groups is 2. The van der Waals surface area contributed by atoms with Crippen molar-refractivity contribution in [3.63, 3.8) is 0 Å². The van der Waals surface area contributed by atoms with Crippen LogP contribution in [0.4, 0.5) is 24.7 Å². The summed E-state index contributed by atoms with van der Waals surface area (Å²) in [7, 11) is 0. The summed E-state index contributed by atoms with van der Waals surface area (Å²) >= 11 is 5.54. The molecular formula is C26H19ClF3N5O2. The standard InChI is InChI=1S/C26H19ClF3N5O2/c1-15-2-3-19(34-25(37)18-6-8-32-22(11-18)26(28,29)30)13-20(15)16-4-7-31-21(10-16)17-5-9-33-23(12-17)35-24(36)14-27/h2-13H,14H2,1H3,(H,34,37)(H,33,35,36). The monoisotopic (exact) mass is 525 g/mol. The molecule has 4 rings (SSSR count). The maximum Gasteiger partial charge on any atom is 0.433 e. The summed E-state index contributed by atoms with van der Waals surface area (Å²) in [5.41, 5.74) is 2.92. The van der Waals surface area contributed by atoms with Crippen LogP contribution in [0.2, 0.25) is 0 Å². The minimum Gasteiger partial charge on any atom is -0.322 e. The molecule has 11 heteroatoms. The van der Waals surface area contributed by atoms with E-state index in [2.05, 4.69) is 25.6 Å². The molecule has 0 aliphatic rings. The van der Waals surface area contributed by atoms with Gasteiger partial charge in [-0.1, -0.05) is 6.07 Å². The number of carbonyl (C=O) groups excluding carboxylic acids is 2. The van der Waals surface area contributed by atoms with Gasteiger partial charge in [-0.25, -0.2) is 4.98 Å². The van der Waals surface area contributed by atoms with Crippen LogP contribution >= 0.6 is 11.6 Å². The van der Waals surface area contributed by atoms with E-state index in [1.54, 1.807) is 42.6 Å². The molecule has 37 heavy (non-hydrogen) atoms. The minimum absolute atomic E-state index is 0.162. The molecule has 0 radical (unpaired) electrons. The number of benzene rings is 1. The zero-order valence-electron chi connectivity index (χ0n) is 19.3. The minimum atomic E-state index is -4.66. The highest BCUT2D eigenvalue weighted by atomic mass is 35.5. The average molecular weight is 526 g/mol. The van der Waals surface area contributed by atoms with Gasteiger partial charge < -0.3 is 10.6 Å². The van der Waals surface area contributed by atoms with Gasteiger partial charge in [0.2, 0.25) is 5.91 Å². The molecule has 0 aliphatic heterocycles. The van der Waals surface area contributed by atoms with Crippen molar-refractivity contribution in [3.8, 4) is 22.4 Å². The van der Waals surface area contributed by atoms with E-state index in [9.17, 15) is 22.8 Å². The molecule has 3 aromatic heterocycles. The van der Waals surface area contributed by atoms with Crippen molar-refractivity contribution in [2.75, 3.05) is 16.5 Å². The number of hydrogen-bond donors (Lipinski definition) is 2. The lowest BCUT2D eigenvalue weighted by atomic mass is 9.99. The average Bonchev–Trinajstić information content (AvgIpc) is 2.89. The molecule has 0 unspecified atom stereocenters. The number of pyridine rings is 3. The number of halogens is 4. The quantitative estimate of drug-likeness (QED) is 0.303. The third kappa shape index (κ3) is 6.28. The first kappa shape index (κ1) is 25.8. The number of anilines is 2. The lowest BCUT2D eigenvalue weighted by Gasteiger charge is -2.12. The Morgan fingerprint density at radius 3 is 2.35 bits per heavy atom. The Bertz CT molecular complexity index is 1480. The molecule has 0 bridgehead atoms. The Morgan fingerprint density at radius 2 is 1.59 bits per heavy atom. The van der Waals surface area contributed by atoms with Gasteiger partial charge in [-0.05, 0) is 72.1 Å². The summed E-state index contributed by atoms with van der Waals surface area (Å²) < 4.78 is 38.9. The van der Waals surface area contributed by atoms with E-state index in [-0.39, 0.29) is 17.4 Å². The number of hydrogen-bond acceptors (Lipinski definition) is 5. The summed E-state index contributed by atoms with van der Waals surface area (Å²) in [5, 5.41) is 5.23. The van der Waals surface area contributed by atoms with Gasteiger partial charge in [0.05, 0.1) is 5.69 Å². The van der Waals surface area contributed by atoms with Gasteiger partial charge in [-0.3, -0.25) is 19.6 Å². The number of amides is 2. The second-order valence-electron chi connectivity index (χ2n) is 7.95. The zero-order valence-corrected chi connectivity index (χ0v) is 20.1. The first-order chi connectivity index (χ1) is 17.6. The molecule has 0 aliphatic carbocycles. The van der Waals surface area contributed by atoms with E-state index >= 15 is 0 Å². The van der Waals surface area contributed by atoms with Crippen LogP contribution in [0.15, 0.2) is 73.2 Å². The topological polar surface area (TPSA) is 96.9 Å². The van der Waals surface area contributed by atoms with E-state index in [4.69, 9.17) is 11.6 Å². The second kappa shape index (κ2) is 10.8. The molecule has 4 aromatic rings. The number of aromatic nitrogens is 3. The maximum absolute atomic E-state index is 13.0. The summed E-state index contributed by atoms with van der Waals surface area (Å²) in [5.74, 6) is -0.942. The molecule has 0 spiro atoms. The van der Waals surface area contributed by atoms with Crippen LogP contribution in [-0.4, -0.2) is 32.6 Å². The fourth-order valence-corrected chi connectivity index (χ4v) is 3.60. The zero-order chi connectivity index (χ0) is 26.6. The lowest BCUT2D eigenvalue weighted by molar-refractivity contribution is -0.141. The van der Waals surface area contributed by atoms with Crippen molar-refractivity contribution in [1.82, 2.24) is 15.0 Å². The summed E-state index contributed by atoms with van der Waals surface area (Å²) in [4.78, 5) is 36.0. The SMILES string of the molecule is Cc1ccc(NC(=O)c2ccnc(C(F)(F)F)c2)cc1-c1ccnc(-c2ccnc(NC(=O)CCl)c2)c1. The Balaban J connectivity index is 1.60. The molecule has 2 amide bonds. The van der Waals surface area contributed by atoms with E-state index in [0.29, 0.717) is 28.8 Å². The maximum atomic E-state index is 13.0. The smallest absolute Gasteiger partial charge is 0.322 e. The number of alkyl halides is 4. The number of nitrogens with one attached hydrogen (secondary N) is 2. The first-order valence-electron chi connectivity index (χ1n) is 10.9. The molecule has 188 valence electrons. The van der Waals surface area contributed by atoms with Gasteiger partial charge in [-0.2, -0.15) is 13.2 Å². The van der Waals surface area contributed by atoms with E-state index in [0.717, 1.165) is 22.9 Å². The number of rotatable bonds is 6. The van der Waals surface area contributed by atoms with Crippen molar-refractivity contribution in [2.24, 2.45) is 0 Å². The van der Waals surface area contributed by atoms with Crippen LogP contribution in [-0.2, 0) is 11.0 Å². The fourth-order valence-electron chi connectivity index (χ4n) is 3.53. The van der Waals surface area contributed by atoms with Crippen LogP contribution in [0, 0.1) is 6.92 Å². The third-order valence-corrected chi connectivity index (χ3v) is 5.57. The van der Waals surface area contributed by atoms with Crippen molar-refractivity contribution < 1.29 is 22.8 Å². The van der Waals surface area contributed by atoms with E-state index in [1.807, 2.05) is 13.0 Å². The lowest BCUT2D eigenvalue weighted by Crippen LogP contribution is -2.15. The Labute approximate surface area is 214 Å². The van der Waals surface area contributed by atoms with E-state index < -0.39 is 17.8 Å². The predicted octanol–water partition coefficient (Wildman–Crippen LogP) is 5.96.